The average molecular weight is 849 g/mol. The molecule has 2 unspecified atom stereocenters. The van der Waals surface area contributed by atoms with Crippen molar-refractivity contribution >= 4 is 77.8 Å². The number of rotatable bonds is 8. The van der Waals surface area contributed by atoms with Gasteiger partial charge >= 0.3 is 273 Å². The van der Waals surface area contributed by atoms with E-state index in [9.17, 15) is 9.13 Å². The molecular weight excluding hydrogens is 818 g/mol. The third-order valence-corrected chi connectivity index (χ3v) is 14.8. The molecule has 0 fully saturated rings. The first-order chi connectivity index (χ1) is 21.9. The minimum atomic E-state index is -2.98. The second-order valence-electron chi connectivity index (χ2n) is 9.58. The molecule has 4 aromatic carbocycles. The molecule has 0 saturated carbocycles. The van der Waals surface area contributed by atoms with Crippen LogP contribution < -0.4 is 21.2 Å². The van der Waals surface area contributed by atoms with Gasteiger partial charge in [0.2, 0.25) is 0 Å². The summed E-state index contributed by atoms with van der Waals surface area (Å²) in [6.45, 7) is 0. The van der Waals surface area contributed by atoms with Crippen LogP contribution in [0.2, 0.25) is 9.63 Å². The second kappa shape index (κ2) is 18.3. The molecule has 45 heavy (non-hydrogen) atoms. The quantitative estimate of drug-likeness (QED) is 0.101. The van der Waals surface area contributed by atoms with Crippen molar-refractivity contribution < 1.29 is 40.0 Å². The molecular formula is C35H30Cl4FeO2P2Pd. The zero-order valence-electron chi connectivity index (χ0n) is 23.8. The van der Waals surface area contributed by atoms with Gasteiger partial charge in [0.1, 0.15) is 0 Å². The molecule has 2 nitrogen and oxygen atoms in total. The summed E-state index contributed by atoms with van der Waals surface area (Å²) in [5.41, 5.74) is 0. The van der Waals surface area contributed by atoms with Crippen molar-refractivity contribution in [1.82, 2.24) is 0 Å². The fraction of sp³-hybridized carbons (Fsp3) is 0.0857. The van der Waals surface area contributed by atoms with Crippen LogP contribution in [0.3, 0.4) is 0 Å². The van der Waals surface area contributed by atoms with Crippen LogP contribution in [-0.2, 0) is 40.0 Å². The van der Waals surface area contributed by atoms with Crippen molar-refractivity contribution in [1.29, 1.82) is 0 Å². The van der Waals surface area contributed by atoms with Gasteiger partial charge in [-0.15, -0.1) is 23.2 Å². The van der Waals surface area contributed by atoms with Crippen LogP contribution in [0.4, 0.5) is 0 Å². The Kier molecular flexibility index (Phi) is 14.8. The molecule has 238 valence electrons. The van der Waals surface area contributed by atoms with Crippen LogP contribution >= 0.6 is 56.5 Å². The Hall–Kier alpha value is -1.36. The van der Waals surface area contributed by atoms with Crippen molar-refractivity contribution in [2.45, 2.75) is 9.63 Å². The Balaban J connectivity index is 0.000000713. The van der Waals surface area contributed by atoms with E-state index < -0.39 is 14.3 Å². The number of hydrogen-bond acceptors (Lipinski definition) is 2. The Morgan fingerprint density at radius 3 is 1.02 bits per heavy atom. The number of halogens is 4. The van der Waals surface area contributed by atoms with E-state index in [0.717, 1.165) is 46.8 Å². The first kappa shape index (κ1) is 36.5. The SMILES string of the molecule is ClCCl.O=P(C1=C[CH]([Fe][CH]2C=CC(P(=O)(c3ccccc3)c3ccccc3)=C2)C=C1)(c1ccccc1)c1ccccc1.[Cl][Pd][Cl]. The molecule has 0 radical (unpaired) electrons. The Labute approximate surface area is 298 Å². The van der Waals surface area contributed by atoms with Gasteiger partial charge < -0.3 is 0 Å². The molecule has 6 rings (SSSR count). The molecule has 2 atom stereocenters. The van der Waals surface area contributed by atoms with Gasteiger partial charge in [0, 0.05) is 0 Å². The Morgan fingerprint density at radius 1 is 0.533 bits per heavy atom. The molecule has 0 aliphatic heterocycles. The van der Waals surface area contributed by atoms with E-state index in [-0.39, 0.29) is 30.9 Å². The summed E-state index contributed by atoms with van der Waals surface area (Å²) < 4.78 is 29.4. The zero-order valence-corrected chi connectivity index (χ0v) is 31.2. The average Bonchev–Trinajstić information content (AvgIpc) is 3.77. The van der Waals surface area contributed by atoms with E-state index in [1.807, 2.05) is 133 Å². The normalized spacial score (nSPS) is 17.2. The molecule has 0 bridgehead atoms. The van der Waals surface area contributed by atoms with E-state index >= 15 is 0 Å². The van der Waals surface area contributed by atoms with Gasteiger partial charge in [0.25, 0.3) is 0 Å². The van der Waals surface area contributed by atoms with Gasteiger partial charge in [-0.05, 0) is 0 Å². The standard InChI is InChI=1S/2C17H14OP.CH2Cl2.2ClH.Fe.Pd/c2*18-19(17-13-7-8-14-17,15-9-3-1-4-10-15)16-11-5-2-6-12-16;2-1-3;;;;/h2*1-14H;1H2;2*1H;;/q;;;;;;+2/p-2. The minimum absolute atomic E-state index is 0.106. The zero-order chi connectivity index (χ0) is 32.1. The first-order valence-electron chi connectivity index (χ1n) is 13.7. The molecule has 2 aliphatic carbocycles. The fourth-order valence-electron chi connectivity index (χ4n) is 5.09. The van der Waals surface area contributed by atoms with Gasteiger partial charge in [0.15, 0.2) is 0 Å². The van der Waals surface area contributed by atoms with Crippen molar-refractivity contribution in [2.24, 2.45) is 0 Å². The van der Waals surface area contributed by atoms with Gasteiger partial charge in [-0.2, -0.15) is 0 Å². The van der Waals surface area contributed by atoms with E-state index in [1.54, 1.807) is 0 Å². The van der Waals surface area contributed by atoms with E-state index in [0.29, 0.717) is 0 Å². The number of benzene rings is 4. The fourth-order valence-corrected chi connectivity index (χ4v) is 12.4. The van der Waals surface area contributed by atoms with Gasteiger partial charge in [-0.3, -0.25) is 0 Å². The Bertz CT molecular complexity index is 1520. The molecule has 2 aliphatic rings. The number of allylic oxidation sites excluding steroid dienone is 8. The summed E-state index contributed by atoms with van der Waals surface area (Å²) in [6.07, 6.45) is 12.8. The summed E-state index contributed by atoms with van der Waals surface area (Å²) >= 11 is 10.3. The molecule has 0 N–H and O–H groups in total. The summed E-state index contributed by atoms with van der Waals surface area (Å²) in [5, 5.41) is 5.36. The number of alkyl halides is 2. The van der Waals surface area contributed by atoms with Crippen molar-refractivity contribution in [3.05, 3.63) is 168 Å². The topological polar surface area (TPSA) is 34.1 Å². The van der Waals surface area contributed by atoms with E-state index in [4.69, 9.17) is 42.3 Å². The molecule has 0 amide bonds. The van der Waals surface area contributed by atoms with Crippen LogP contribution in [0, 0.1) is 0 Å². The van der Waals surface area contributed by atoms with Crippen molar-refractivity contribution in [3.63, 3.8) is 0 Å². The molecule has 0 saturated heterocycles. The van der Waals surface area contributed by atoms with E-state index in [2.05, 4.69) is 24.3 Å². The maximum atomic E-state index is 14.7. The van der Waals surface area contributed by atoms with Crippen LogP contribution in [0.25, 0.3) is 0 Å². The molecule has 10 heteroatoms. The summed E-state index contributed by atoms with van der Waals surface area (Å²) in [7, 11) is 3.68. The molecule has 0 spiro atoms. The van der Waals surface area contributed by atoms with Crippen LogP contribution in [-0.4, -0.2) is 5.34 Å². The number of hydrogen-bond donors (Lipinski definition) is 0. The Morgan fingerprint density at radius 2 is 0.778 bits per heavy atom. The molecule has 0 heterocycles. The second-order valence-corrected chi connectivity index (χ2v) is 20.1. The van der Waals surface area contributed by atoms with Crippen LogP contribution in [0.15, 0.2) is 168 Å². The molecule has 4 aromatic rings. The van der Waals surface area contributed by atoms with Gasteiger partial charge in [-0.1, -0.05) is 0 Å². The third-order valence-electron chi connectivity index (χ3n) is 7.02. The maximum absolute atomic E-state index is 14.7. The summed E-state index contributed by atoms with van der Waals surface area (Å²) in [4.78, 5) is 0.303. The first-order valence-corrected chi connectivity index (χ1v) is 23.4. The van der Waals surface area contributed by atoms with Crippen LogP contribution in [0.5, 0.6) is 0 Å². The van der Waals surface area contributed by atoms with Crippen molar-refractivity contribution in [2.75, 3.05) is 5.34 Å². The van der Waals surface area contributed by atoms with Crippen molar-refractivity contribution in [3.8, 4) is 0 Å². The molecule has 0 aromatic heterocycles. The predicted octanol–water partition coefficient (Wildman–Crippen LogP) is 10.4. The summed E-state index contributed by atoms with van der Waals surface area (Å²) in [6, 6.07) is 39.2. The van der Waals surface area contributed by atoms with E-state index in [1.165, 1.54) is 0 Å². The van der Waals surface area contributed by atoms with Crippen LogP contribution in [0.1, 0.15) is 0 Å². The monoisotopic (exact) mass is 846 g/mol. The van der Waals surface area contributed by atoms with Gasteiger partial charge in [-0.25, -0.2) is 0 Å². The third kappa shape index (κ3) is 8.96. The predicted molar refractivity (Wildman–Crippen MR) is 190 cm³/mol. The van der Waals surface area contributed by atoms with Gasteiger partial charge in [0.05, 0.1) is 5.34 Å². The summed E-state index contributed by atoms with van der Waals surface area (Å²) in [5.74, 6) is 0.